The minimum absolute atomic E-state index is 0.0309. The first-order chi connectivity index (χ1) is 11.5. The van der Waals surface area contributed by atoms with Crippen molar-refractivity contribution in [1.29, 1.82) is 0 Å². The van der Waals surface area contributed by atoms with Gasteiger partial charge in [-0.25, -0.2) is 9.59 Å². The Morgan fingerprint density at radius 1 is 1.12 bits per heavy atom. The number of amides is 2. The topological polar surface area (TPSA) is 106 Å². The molecule has 1 heterocycles. The standard InChI is InChI=1S/C15H25N3O6/c1-12(2)14(20)24-7-3-16-15(21)17-11-13(19)23-10-6-18-4-8-22-9-5-18/h1,3-11H2,2H3,(H2,16,17,21). The number of hydrogen-bond acceptors (Lipinski definition) is 7. The van der Waals surface area contributed by atoms with Gasteiger partial charge in [0.25, 0.3) is 0 Å². The number of morpholine rings is 1. The molecule has 9 nitrogen and oxygen atoms in total. The fourth-order valence-electron chi connectivity index (χ4n) is 1.81. The van der Waals surface area contributed by atoms with Crippen LogP contribution in [0.2, 0.25) is 0 Å². The third kappa shape index (κ3) is 9.11. The number of carbonyl (C=O) groups is 3. The Hall–Kier alpha value is -2.13. The third-order valence-electron chi connectivity index (χ3n) is 3.14. The molecule has 24 heavy (non-hydrogen) atoms. The molecule has 2 amide bonds. The zero-order chi connectivity index (χ0) is 17.8. The van der Waals surface area contributed by atoms with Crippen molar-refractivity contribution in [3.8, 4) is 0 Å². The summed E-state index contributed by atoms with van der Waals surface area (Å²) in [5.74, 6) is -1.02. The molecule has 0 unspecified atom stereocenters. The lowest BCUT2D eigenvalue weighted by molar-refractivity contribution is -0.143. The second kappa shape index (κ2) is 11.4. The van der Waals surface area contributed by atoms with Crippen LogP contribution < -0.4 is 10.6 Å². The van der Waals surface area contributed by atoms with E-state index in [4.69, 9.17) is 14.2 Å². The highest BCUT2D eigenvalue weighted by Gasteiger charge is 2.11. The van der Waals surface area contributed by atoms with Crippen molar-refractivity contribution < 1.29 is 28.6 Å². The summed E-state index contributed by atoms with van der Waals surface area (Å²) in [5, 5.41) is 4.82. The van der Waals surface area contributed by atoms with E-state index >= 15 is 0 Å². The molecule has 0 atom stereocenters. The number of hydrogen-bond donors (Lipinski definition) is 2. The number of esters is 2. The molecule has 0 aromatic rings. The van der Waals surface area contributed by atoms with Gasteiger partial charge in [0.05, 0.1) is 19.8 Å². The Bertz CT molecular complexity index is 448. The van der Waals surface area contributed by atoms with E-state index in [9.17, 15) is 14.4 Å². The van der Waals surface area contributed by atoms with Crippen LogP contribution in [-0.2, 0) is 23.8 Å². The monoisotopic (exact) mass is 343 g/mol. The summed E-state index contributed by atoms with van der Waals surface area (Å²) >= 11 is 0. The Balaban J connectivity index is 1.99. The highest BCUT2D eigenvalue weighted by atomic mass is 16.5. The minimum atomic E-state index is -0.536. The molecule has 9 heteroatoms. The number of carbonyl (C=O) groups excluding carboxylic acids is 3. The van der Waals surface area contributed by atoms with E-state index in [1.54, 1.807) is 0 Å². The highest BCUT2D eigenvalue weighted by Crippen LogP contribution is 1.95. The van der Waals surface area contributed by atoms with Crippen molar-refractivity contribution in [2.45, 2.75) is 6.92 Å². The SMILES string of the molecule is C=C(C)C(=O)OCCNC(=O)NCC(=O)OCCN1CCOCC1. The van der Waals surface area contributed by atoms with Gasteiger partial charge < -0.3 is 24.8 Å². The Labute approximate surface area is 141 Å². The predicted octanol–water partition coefficient (Wildman–Crippen LogP) is -0.720. The molecule has 0 aromatic carbocycles. The normalized spacial score (nSPS) is 14.5. The van der Waals surface area contributed by atoms with E-state index in [2.05, 4.69) is 22.1 Å². The van der Waals surface area contributed by atoms with Gasteiger partial charge >= 0.3 is 18.0 Å². The summed E-state index contributed by atoms with van der Waals surface area (Å²) in [6.45, 7) is 8.88. The van der Waals surface area contributed by atoms with E-state index in [-0.39, 0.29) is 26.3 Å². The summed E-state index contributed by atoms with van der Waals surface area (Å²) in [5.41, 5.74) is 0.291. The molecule has 0 bridgehead atoms. The molecule has 0 spiro atoms. The van der Waals surface area contributed by atoms with Crippen molar-refractivity contribution >= 4 is 18.0 Å². The van der Waals surface area contributed by atoms with E-state index in [1.807, 2.05) is 0 Å². The van der Waals surface area contributed by atoms with Crippen molar-refractivity contribution in [2.75, 3.05) is 59.2 Å². The molecule has 136 valence electrons. The maximum absolute atomic E-state index is 11.5. The van der Waals surface area contributed by atoms with Gasteiger partial charge in [0.1, 0.15) is 19.8 Å². The molecular weight excluding hydrogens is 318 g/mol. The van der Waals surface area contributed by atoms with E-state index < -0.39 is 18.0 Å². The number of urea groups is 1. The number of nitrogens with zero attached hydrogens (tertiary/aromatic N) is 1. The molecule has 1 rings (SSSR count). The molecule has 0 aliphatic carbocycles. The number of ether oxygens (including phenoxy) is 3. The summed E-state index contributed by atoms with van der Waals surface area (Å²) in [6, 6.07) is -0.536. The Kier molecular flexibility index (Phi) is 9.47. The number of nitrogens with one attached hydrogen (secondary N) is 2. The first-order valence-corrected chi connectivity index (χ1v) is 7.79. The average molecular weight is 343 g/mol. The minimum Gasteiger partial charge on any atom is -0.463 e. The van der Waals surface area contributed by atoms with Crippen molar-refractivity contribution in [2.24, 2.45) is 0 Å². The first-order valence-electron chi connectivity index (χ1n) is 7.79. The average Bonchev–Trinajstić information content (AvgIpc) is 2.57. The van der Waals surface area contributed by atoms with Gasteiger partial charge in [0.2, 0.25) is 0 Å². The maximum atomic E-state index is 11.5. The highest BCUT2D eigenvalue weighted by molar-refractivity contribution is 5.87. The third-order valence-corrected chi connectivity index (χ3v) is 3.14. The smallest absolute Gasteiger partial charge is 0.333 e. The second-order valence-corrected chi connectivity index (χ2v) is 5.20. The van der Waals surface area contributed by atoms with Crippen molar-refractivity contribution in [1.82, 2.24) is 15.5 Å². The molecule has 1 fully saturated rings. The van der Waals surface area contributed by atoms with Crippen LogP contribution >= 0.6 is 0 Å². The number of rotatable bonds is 9. The lowest BCUT2D eigenvalue weighted by atomic mass is 10.4. The van der Waals surface area contributed by atoms with Crippen LogP contribution in [0.5, 0.6) is 0 Å². The van der Waals surface area contributed by atoms with E-state index in [0.717, 1.165) is 13.1 Å². The quantitative estimate of drug-likeness (QED) is 0.323. The Morgan fingerprint density at radius 3 is 2.50 bits per heavy atom. The van der Waals surface area contributed by atoms with E-state index in [1.165, 1.54) is 6.92 Å². The fraction of sp³-hybridized carbons (Fsp3) is 0.667. The molecule has 1 aliphatic heterocycles. The van der Waals surface area contributed by atoms with Crippen molar-refractivity contribution in [3.63, 3.8) is 0 Å². The van der Waals surface area contributed by atoms with Crippen LogP contribution in [0.15, 0.2) is 12.2 Å². The molecule has 1 saturated heterocycles. The van der Waals surface area contributed by atoms with Crippen LogP contribution in [0.25, 0.3) is 0 Å². The second-order valence-electron chi connectivity index (χ2n) is 5.20. The van der Waals surface area contributed by atoms with Crippen LogP contribution in [0.3, 0.4) is 0 Å². The molecule has 1 aliphatic rings. The van der Waals surface area contributed by atoms with Gasteiger partial charge in [0, 0.05) is 25.2 Å². The molecule has 0 radical (unpaired) electrons. The van der Waals surface area contributed by atoms with Gasteiger partial charge in [-0.15, -0.1) is 0 Å². The van der Waals surface area contributed by atoms with Gasteiger partial charge in [-0.3, -0.25) is 9.69 Å². The zero-order valence-corrected chi connectivity index (χ0v) is 14.0. The molecule has 0 aromatic heterocycles. The maximum Gasteiger partial charge on any atom is 0.333 e. The summed E-state index contributed by atoms with van der Waals surface area (Å²) in [4.78, 5) is 36.2. The zero-order valence-electron chi connectivity index (χ0n) is 14.0. The van der Waals surface area contributed by atoms with Gasteiger partial charge in [-0.05, 0) is 6.92 Å². The summed E-state index contributed by atoms with van der Waals surface area (Å²) < 4.78 is 15.1. The largest absolute Gasteiger partial charge is 0.463 e. The van der Waals surface area contributed by atoms with Crippen LogP contribution in [0, 0.1) is 0 Å². The van der Waals surface area contributed by atoms with Gasteiger partial charge in [-0.2, -0.15) is 0 Å². The van der Waals surface area contributed by atoms with Crippen LogP contribution in [0.1, 0.15) is 6.92 Å². The molecule has 0 saturated carbocycles. The summed E-state index contributed by atoms with van der Waals surface area (Å²) in [7, 11) is 0. The van der Waals surface area contributed by atoms with Crippen molar-refractivity contribution in [3.05, 3.63) is 12.2 Å². The lowest BCUT2D eigenvalue weighted by Crippen LogP contribution is -2.41. The first kappa shape index (κ1) is 19.9. The fourth-order valence-corrected chi connectivity index (χ4v) is 1.81. The lowest BCUT2D eigenvalue weighted by Gasteiger charge is -2.26. The van der Waals surface area contributed by atoms with E-state index in [0.29, 0.717) is 25.3 Å². The predicted molar refractivity (Wildman–Crippen MR) is 85.4 cm³/mol. The molecule has 2 N–H and O–H groups in total. The molecular formula is C15H25N3O6. The summed E-state index contributed by atoms with van der Waals surface area (Å²) in [6.07, 6.45) is 0. The van der Waals surface area contributed by atoms with Crippen LogP contribution in [0.4, 0.5) is 4.79 Å². The van der Waals surface area contributed by atoms with Gasteiger partial charge in [-0.1, -0.05) is 6.58 Å². The Morgan fingerprint density at radius 2 is 1.83 bits per heavy atom. The van der Waals surface area contributed by atoms with Crippen LogP contribution in [-0.4, -0.2) is 82.0 Å². The van der Waals surface area contributed by atoms with Gasteiger partial charge in [0.15, 0.2) is 0 Å².